The van der Waals surface area contributed by atoms with Crippen molar-refractivity contribution in [1.29, 1.82) is 0 Å². The first-order valence-corrected chi connectivity index (χ1v) is 6.63. The van der Waals surface area contributed by atoms with Gasteiger partial charge >= 0.3 is 0 Å². The van der Waals surface area contributed by atoms with E-state index in [9.17, 15) is 0 Å². The Morgan fingerprint density at radius 3 is 2.76 bits per heavy atom. The molecule has 0 spiro atoms. The molecule has 0 aromatic carbocycles. The SMILES string of the molecule is CC1(C)CCCN(Cc2ccc(Cl)nn2)CC1. The van der Waals surface area contributed by atoms with Gasteiger partial charge in [-0.3, -0.25) is 4.90 Å². The fourth-order valence-electron chi connectivity index (χ4n) is 2.29. The molecule has 1 aliphatic rings. The van der Waals surface area contributed by atoms with Crippen LogP contribution in [0.1, 0.15) is 38.8 Å². The van der Waals surface area contributed by atoms with E-state index >= 15 is 0 Å². The fraction of sp³-hybridized carbons (Fsp3) is 0.692. The number of aromatic nitrogens is 2. The molecule has 1 aromatic heterocycles. The summed E-state index contributed by atoms with van der Waals surface area (Å²) in [4.78, 5) is 2.46. The summed E-state index contributed by atoms with van der Waals surface area (Å²) in [7, 11) is 0. The molecular formula is C13H20ClN3. The maximum Gasteiger partial charge on any atom is 0.151 e. The molecule has 1 fully saturated rings. The third kappa shape index (κ3) is 3.93. The van der Waals surface area contributed by atoms with Crippen molar-refractivity contribution in [2.24, 2.45) is 5.41 Å². The Kier molecular flexibility index (Phi) is 4.00. The second kappa shape index (κ2) is 5.32. The Labute approximate surface area is 108 Å². The third-order valence-corrected chi connectivity index (χ3v) is 3.71. The topological polar surface area (TPSA) is 29.0 Å². The van der Waals surface area contributed by atoms with E-state index in [-0.39, 0.29) is 0 Å². The van der Waals surface area contributed by atoms with Gasteiger partial charge in [0.15, 0.2) is 5.15 Å². The number of nitrogens with zero attached hydrogens (tertiary/aromatic N) is 3. The Morgan fingerprint density at radius 2 is 2.06 bits per heavy atom. The van der Waals surface area contributed by atoms with E-state index in [2.05, 4.69) is 28.9 Å². The first-order chi connectivity index (χ1) is 8.05. The number of hydrogen-bond donors (Lipinski definition) is 0. The summed E-state index contributed by atoms with van der Waals surface area (Å²) in [6, 6.07) is 3.77. The maximum atomic E-state index is 5.73. The molecule has 1 aromatic rings. The smallest absolute Gasteiger partial charge is 0.151 e. The molecule has 0 bridgehead atoms. The summed E-state index contributed by atoms with van der Waals surface area (Å²) in [5.74, 6) is 0. The molecule has 3 nitrogen and oxygen atoms in total. The fourth-order valence-corrected chi connectivity index (χ4v) is 2.39. The van der Waals surface area contributed by atoms with Gasteiger partial charge in [0.2, 0.25) is 0 Å². The summed E-state index contributed by atoms with van der Waals surface area (Å²) >= 11 is 5.73. The predicted octanol–water partition coefficient (Wildman–Crippen LogP) is 3.14. The lowest BCUT2D eigenvalue weighted by molar-refractivity contribution is 0.253. The lowest BCUT2D eigenvalue weighted by Crippen LogP contribution is -2.25. The number of likely N-dealkylation sites (tertiary alicyclic amines) is 1. The van der Waals surface area contributed by atoms with Gasteiger partial charge in [-0.2, -0.15) is 5.10 Å². The summed E-state index contributed by atoms with van der Waals surface area (Å²) in [5.41, 5.74) is 1.49. The van der Waals surface area contributed by atoms with Gasteiger partial charge < -0.3 is 0 Å². The van der Waals surface area contributed by atoms with Gasteiger partial charge in [-0.25, -0.2) is 0 Å². The summed E-state index contributed by atoms with van der Waals surface area (Å²) in [5, 5.41) is 8.46. The van der Waals surface area contributed by atoms with Gasteiger partial charge in [-0.15, -0.1) is 5.10 Å². The highest BCUT2D eigenvalue weighted by atomic mass is 35.5. The zero-order valence-corrected chi connectivity index (χ0v) is 11.4. The summed E-state index contributed by atoms with van der Waals surface area (Å²) in [6.45, 7) is 7.92. The maximum absolute atomic E-state index is 5.73. The van der Waals surface area contributed by atoms with Crippen LogP contribution in [0.2, 0.25) is 5.15 Å². The zero-order valence-electron chi connectivity index (χ0n) is 10.6. The normalized spacial score (nSPS) is 21.1. The molecule has 0 amide bonds. The van der Waals surface area contributed by atoms with Gasteiger partial charge in [-0.05, 0) is 49.9 Å². The van der Waals surface area contributed by atoms with Crippen molar-refractivity contribution in [3.63, 3.8) is 0 Å². The Balaban J connectivity index is 1.93. The zero-order chi connectivity index (χ0) is 12.3. The van der Waals surface area contributed by atoms with Crippen molar-refractivity contribution in [3.05, 3.63) is 23.0 Å². The minimum absolute atomic E-state index is 0.464. The second-order valence-corrected chi connectivity index (χ2v) is 6.03. The highest BCUT2D eigenvalue weighted by Crippen LogP contribution is 2.30. The molecule has 17 heavy (non-hydrogen) atoms. The van der Waals surface area contributed by atoms with Crippen LogP contribution in [0.4, 0.5) is 0 Å². The Hall–Kier alpha value is -0.670. The number of halogens is 1. The van der Waals surface area contributed by atoms with Gasteiger partial charge in [0.1, 0.15) is 0 Å². The van der Waals surface area contributed by atoms with Crippen LogP contribution in [-0.4, -0.2) is 28.2 Å². The minimum atomic E-state index is 0.464. The molecule has 1 aliphatic heterocycles. The van der Waals surface area contributed by atoms with Crippen LogP contribution in [0, 0.1) is 5.41 Å². The molecule has 0 N–H and O–H groups in total. The second-order valence-electron chi connectivity index (χ2n) is 5.64. The molecule has 0 aliphatic carbocycles. The number of hydrogen-bond acceptors (Lipinski definition) is 3. The highest BCUT2D eigenvalue weighted by molar-refractivity contribution is 6.29. The largest absolute Gasteiger partial charge is 0.297 e. The van der Waals surface area contributed by atoms with E-state index in [1.165, 1.54) is 19.3 Å². The van der Waals surface area contributed by atoms with Gasteiger partial charge in [-0.1, -0.05) is 25.4 Å². The molecule has 0 atom stereocenters. The van der Waals surface area contributed by atoms with E-state index < -0.39 is 0 Å². The van der Waals surface area contributed by atoms with Crippen molar-refractivity contribution in [3.8, 4) is 0 Å². The van der Waals surface area contributed by atoms with E-state index in [1.807, 2.05) is 12.1 Å². The van der Waals surface area contributed by atoms with E-state index in [0.29, 0.717) is 10.6 Å². The average molecular weight is 254 g/mol. The van der Waals surface area contributed by atoms with Crippen molar-refractivity contribution in [2.75, 3.05) is 13.1 Å². The quantitative estimate of drug-likeness (QED) is 0.811. The van der Waals surface area contributed by atoms with Crippen LogP contribution in [0.25, 0.3) is 0 Å². The monoisotopic (exact) mass is 253 g/mol. The minimum Gasteiger partial charge on any atom is -0.297 e. The van der Waals surface area contributed by atoms with Crippen LogP contribution in [0.15, 0.2) is 12.1 Å². The van der Waals surface area contributed by atoms with E-state index in [4.69, 9.17) is 11.6 Å². The van der Waals surface area contributed by atoms with Crippen LogP contribution in [0.3, 0.4) is 0 Å². The molecule has 1 saturated heterocycles. The first kappa shape index (κ1) is 12.8. The van der Waals surface area contributed by atoms with Gasteiger partial charge in [0.05, 0.1) is 5.69 Å². The van der Waals surface area contributed by atoms with Crippen molar-refractivity contribution in [2.45, 2.75) is 39.7 Å². The van der Waals surface area contributed by atoms with E-state index in [1.54, 1.807) is 0 Å². The first-order valence-electron chi connectivity index (χ1n) is 6.26. The van der Waals surface area contributed by atoms with Crippen molar-refractivity contribution >= 4 is 11.6 Å². The van der Waals surface area contributed by atoms with Crippen LogP contribution in [-0.2, 0) is 6.54 Å². The molecule has 94 valence electrons. The average Bonchev–Trinajstić information content (AvgIpc) is 2.44. The molecule has 0 saturated carbocycles. The van der Waals surface area contributed by atoms with Crippen LogP contribution >= 0.6 is 11.6 Å². The molecular weight excluding hydrogens is 234 g/mol. The van der Waals surface area contributed by atoms with E-state index in [0.717, 1.165) is 25.3 Å². The third-order valence-electron chi connectivity index (χ3n) is 3.51. The molecule has 0 unspecified atom stereocenters. The van der Waals surface area contributed by atoms with Crippen molar-refractivity contribution < 1.29 is 0 Å². The highest BCUT2D eigenvalue weighted by Gasteiger charge is 2.23. The lowest BCUT2D eigenvalue weighted by atomic mass is 9.85. The van der Waals surface area contributed by atoms with Gasteiger partial charge in [0, 0.05) is 6.54 Å². The number of rotatable bonds is 2. The predicted molar refractivity (Wildman–Crippen MR) is 70.0 cm³/mol. The standard InChI is InChI=1S/C13H20ClN3/c1-13(2)6-3-8-17(9-7-13)10-11-4-5-12(14)16-15-11/h4-5H,3,6-10H2,1-2H3. The summed E-state index contributed by atoms with van der Waals surface area (Å²) in [6.07, 6.45) is 3.85. The molecule has 0 radical (unpaired) electrons. The molecule has 4 heteroatoms. The van der Waals surface area contributed by atoms with Crippen molar-refractivity contribution in [1.82, 2.24) is 15.1 Å². The summed E-state index contributed by atoms with van der Waals surface area (Å²) < 4.78 is 0. The molecule has 2 rings (SSSR count). The Morgan fingerprint density at radius 1 is 1.24 bits per heavy atom. The molecule has 2 heterocycles. The Bertz CT molecular complexity index is 361. The van der Waals surface area contributed by atoms with Crippen LogP contribution < -0.4 is 0 Å². The van der Waals surface area contributed by atoms with Crippen LogP contribution in [0.5, 0.6) is 0 Å². The lowest BCUT2D eigenvalue weighted by Gasteiger charge is -2.22. The van der Waals surface area contributed by atoms with Gasteiger partial charge in [0.25, 0.3) is 0 Å².